The number of aromatic hydroxyl groups is 1. The lowest BCUT2D eigenvalue weighted by Crippen LogP contribution is -2.05. The molecule has 0 spiro atoms. The number of rotatable bonds is 6. The highest BCUT2D eigenvalue weighted by atomic mass is 16.5. The van der Waals surface area contributed by atoms with E-state index in [1.165, 1.54) is 6.07 Å². The number of phenols is 1. The second-order valence-electron chi connectivity index (χ2n) is 4.94. The number of methoxy groups -OCH3 is 2. The first-order chi connectivity index (χ1) is 11.6. The number of esters is 1. The number of carbonyl (C=O) groups is 1. The fourth-order valence-electron chi connectivity index (χ4n) is 2.18. The summed E-state index contributed by atoms with van der Waals surface area (Å²) in [6, 6.07) is 10.3. The predicted molar refractivity (Wildman–Crippen MR) is 92.5 cm³/mol. The van der Waals surface area contributed by atoms with Crippen LogP contribution in [0.2, 0.25) is 0 Å². The maximum atomic E-state index is 11.8. The highest BCUT2D eigenvalue weighted by Crippen LogP contribution is 2.28. The molecule has 2 aromatic carbocycles. The van der Waals surface area contributed by atoms with Gasteiger partial charge in [-0.1, -0.05) is 24.3 Å². The molecule has 0 heterocycles. The molecule has 2 rings (SSSR count). The summed E-state index contributed by atoms with van der Waals surface area (Å²) in [6.07, 6.45) is 3.71. The Bertz CT molecular complexity index is 749. The summed E-state index contributed by atoms with van der Waals surface area (Å²) < 4.78 is 15.4. The lowest BCUT2D eigenvalue weighted by molar-refractivity contribution is 0.0523. The number of carbonyl (C=O) groups excluding carboxylic acids is 1. The van der Waals surface area contributed by atoms with E-state index in [1.54, 1.807) is 33.3 Å². The van der Waals surface area contributed by atoms with Gasteiger partial charge in [0, 0.05) is 0 Å². The van der Waals surface area contributed by atoms with Crippen LogP contribution in [0.5, 0.6) is 17.2 Å². The van der Waals surface area contributed by atoms with E-state index in [9.17, 15) is 9.90 Å². The van der Waals surface area contributed by atoms with Crippen LogP contribution in [0.15, 0.2) is 36.4 Å². The predicted octanol–water partition coefficient (Wildman–Crippen LogP) is 3.76. The summed E-state index contributed by atoms with van der Waals surface area (Å²) in [4.78, 5) is 11.8. The van der Waals surface area contributed by atoms with E-state index >= 15 is 0 Å². The molecule has 0 radical (unpaired) electrons. The second kappa shape index (κ2) is 8.06. The lowest BCUT2D eigenvalue weighted by Gasteiger charge is -2.08. The molecule has 0 amide bonds. The molecule has 0 aliphatic rings. The Morgan fingerprint density at radius 2 is 1.62 bits per heavy atom. The zero-order valence-electron chi connectivity index (χ0n) is 13.9. The average Bonchev–Trinajstić information content (AvgIpc) is 2.60. The average molecular weight is 328 g/mol. The molecule has 0 saturated heterocycles. The van der Waals surface area contributed by atoms with Gasteiger partial charge in [-0.15, -0.1) is 0 Å². The van der Waals surface area contributed by atoms with Gasteiger partial charge >= 0.3 is 5.97 Å². The molecule has 5 nitrogen and oxygen atoms in total. The first-order valence-electron chi connectivity index (χ1n) is 7.49. The van der Waals surface area contributed by atoms with Crippen molar-refractivity contribution in [2.45, 2.75) is 6.92 Å². The van der Waals surface area contributed by atoms with Gasteiger partial charge in [0.15, 0.2) is 11.5 Å². The first-order valence-corrected chi connectivity index (χ1v) is 7.49. The Morgan fingerprint density at radius 3 is 2.25 bits per heavy atom. The van der Waals surface area contributed by atoms with Crippen molar-refractivity contribution in [2.24, 2.45) is 0 Å². The fourth-order valence-corrected chi connectivity index (χ4v) is 2.18. The summed E-state index contributed by atoms with van der Waals surface area (Å²) in [5.41, 5.74) is 1.83. The van der Waals surface area contributed by atoms with E-state index in [0.717, 1.165) is 11.1 Å². The van der Waals surface area contributed by atoms with E-state index in [4.69, 9.17) is 14.2 Å². The summed E-state index contributed by atoms with van der Waals surface area (Å²) in [7, 11) is 3.16. The Morgan fingerprint density at radius 1 is 1.00 bits per heavy atom. The minimum Gasteiger partial charge on any atom is -0.507 e. The minimum atomic E-state index is -0.545. The van der Waals surface area contributed by atoms with Gasteiger partial charge in [-0.25, -0.2) is 4.79 Å². The summed E-state index contributed by atoms with van der Waals surface area (Å²) >= 11 is 0. The first kappa shape index (κ1) is 17.4. The van der Waals surface area contributed by atoms with Crippen LogP contribution in [-0.4, -0.2) is 31.9 Å². The molecule has 0 saturated carbocycles. The zero-order chi connectivity index (χ0) is 17.5. The molecule has 126 valence electrons. The van der Waals surface area contributed by atoms with Crippen molar-refractivity contribution >= 4 is 18.1 Å². The van der Waals surface area contributed by atoms with Crippen LogP contribution >= 0.6 is 0 Å². The third-order valence-electron chi connectivity index (χ3n) is 3.39. The smallest absolute Gasteiger partial charge is 0.341 e. The van der Waals surface area contributed by atoms with E-state index in [1.807, 2.05) is 30.4 Å². The van der Waals surface area contributed by atoms with Gasteiger partial charge in [-0.3, -0.25) is 0 Å². The van der Waals surface area contributed by atoms with Crippen molar-refractivity contribution in [3.05, 3.63) is 53.1 Å². The zero-order valence-corrected chi connectivity index (χ0v) is 13.9. The van der Waals surface area contributed by atoms with Gasteiger partial charge in [0.05, 0.1) is 20.8 Å². The highest BCUT2D eigenvalue weighted by Gasteiger charge is 2.12. The van der Waals surface area contributed by atoms with Gasteiger partial charge in [0.25, 0.3) is 0 Å². The molecule has 0 unspecified atom stereocenters. The summed E-state index contributed by atoms with van der Waals surface area (Å²) in [5.74, 6) is 0.648. The monoisotopic (exact) mass is 328 g/mol. The SMILES string of the molecule is CCOC(=O)c1cc(/C=C/c2ccc(OC)c(OC)c2)ccc1O. The van der Waals surface area contributed by atoms with Crippen molar-refractivity contribution < 1.29 is 24.1 Å². The number of hydrogen-bond acceptors (Lipinski definition) is 5. The van der Waals surface area contributed by atoms with Crippen LogP contribution in [0.3, 0.4) is 0 Å². The van der Waals surface area contributed by atoms with Crippen LogP contribution in [0.25, 0.3) is 12.2 Å². The molecule has 5 heteroatoms. The van der Waals surface area contributed by atoms with E-state index in [2.05, 4.69) is 0 Å². The largest absolute Gasteiger partial charge is 0.507 e. The Labute approximate surface area is 141 Å². The van der Waals surface area contributed by atoms with Gasteiger partial charge < -0.3 is 19.3 Å². The van der Waals surface area contributed by atoms with E-state index < -0.39 is 5.97 Å². The normalized spacial score (nSPS) is 10.6. The maximum absolute atomic E-state index is 11.8. The van der Waals surface area contributed by atoms with Crippen molar-refractivity contribution in [3.63, 3.8) is 0 Å². The topological polar surface area (TPSA) is 65.0 Å². The van der Waals surface area contributed by atoms with Crippen LogP contribution in [0, 0.1) is 0 Å². The quantitative estimate of drug-likeness (QED) is 0.646. The molecule has 2 aromatic rings. The molecule has 0 aliphatic carbocycles. The van der Waals surface area contributed by atoms with Crippen molar-refractivity contribution in [1.82, 2.24) is 0 Å². The van der Waals surface area contributed by atoms with Gasteiger partial charge in [0.2, 0.25) is 0 Å². The third-order valence-corrected chi connectivity index (χ3v) is 3.39. The Hall–Kier alpha value is -2.95. The molecule has 24 heavy (non-hydrogen) atoms. The standard InChI is InChI=1S/C19H20O5/c1-4-24-19(21)15-11-13(7-9-16(15)20)5-6-14-8-10-17(22-2)18(12-14)23-3/h5-12,20H,4H2,1-3H3/b6-5+. The van der Waals surface area contributed by atoms with Crippen molar-refractivity contribution in [2.75, 3.05) is 20.8 Å². The Kier molecular flexibility index (Phi) is 5.84. The molecule has 0 bridgehead atoms. The molecule has 0 atom stereocenters. The summed E-state index contributed by atoms with van der Waals surface area (Å²) in [5, 5.41) is 9.79. The molecule has 0 aliphatic heterocycles. The molecular weight excluding hydrogens is 308 g/mol. The van der Waals surface area contributed by atoms with E-state index in [0.29, 0.717) is 11.5 Å². The maximum Gasteiger partial charge on any atom is 0.341 e. The van der Waals surface area contributed by atoms with Gasteiger partial charge in [0.1, 0.15) is 11.3 Å². The fraction of sp³-hybridized carbons (Fsp3) is 0.211. The molecule has 0 fully saturated rings. The van der Waals surface area contributed by atoms with Crippen LogP contribution in [0.4, 0.5) is 0 Å². The minimum absolute atomic E-state index is 0.100. The second-order valence-corrected chi connectivity index (χ2v) is 4.94. The van der Waals surface area contributed by atoms with Gasteiger partial charge in [-0.05, 0) is 42.3 Å². The van der Waals surface area contributed by atoms with Crippen LogP contribution < -0.4 is 9.47 Å². The molecule has 1 N–H and O–H groups in total. The Balaban J connectivity index is 2.26. The van der Waals surface area contributed by atoms with Crippen LogP contribution in [-0.2, 0) is 4.74 Å². The third kappa shape index (κ3) is 4.07. The number of phenolic OH excluding ortho intramolecular Hbond substituents is 1. The number of benzene rings is 2. The number of hydrogen-bond donors (Lipinski definition) is 1. The van der Waals surface area contributed by atoms with E-state index in [-0.39, 0.29) is 17.9 Å². The van der Waals surface area contributed by atoms with Crippen molar-refractivity contribution in [3.8, 4) is 17.2 Å². The highest BCUT2D eigenvalue weighted by molar-refractivity contribution is 5.93. The molecular formula is C19H20O5. The van der Waals surface area contributed by atoms with Crippen LogP contribution in [0.1, 0.15) is 28.4 Å². The number of ether oxygens (including phenoxy) is 3. The van der Waals surface area contributed by atoms with Gasteiger partial charge in [-0.2, -0.15) is 0 Å². The van der Waals surface area contributed by atoms with Crippen molar-refractivity contribution in [1.29, 1.82) is 0 Å². The lowest BCUT2D eigenvalue weighted by atomic mass is 10.1. The summed E-state index contributed by atoms with van der Waals surface area (Å²) in [6.45, 7) is 1.97. The molecule has 0 aromatic heterocycles.